The summed E-state index contributed by atoms with van der Waals surface area (Å²) in [5.41, 5.74) is -0.169. The minimum atomic E-state index is -0.611. The number of hydrogen-bond acceptors (Lipinski definition) is 6. The molecule has 1 fully saturated rings. The highest BCUT2D eigenvalue weighted by Gasteiger charge is 2.39. The smallest absolute Gasteiger partial charge is 0.197 e. The predicted molar refractivity (Wildman–Crippen MR) is 116 cm³/mol. The Balaban J connectivity index is 0.00000240. The zero-order valence-electron chi connectivity index (χ0n) is 15.7. The van der Waals surface area contributed by atoms with Crippen molar-refractivity contribution >= 4 is 40.7 Å². The average molecular weight is 438 g/mol. The van der Waals surface area contributed by atoms with Crippen LogP contribution in [0.1, 0.15) is 19.8 Å². The molecule has 154 valence electrons. The molecule has 1 saturated heterocycles. The summed E-state index contributed by atoms with van der Waals surface area (Å²) in [5, 5.41) is 31.2. The third-order valence-corrected chi connectivity index (χ3v) is 5.76. The van der Waals surface area contributed by atoms with Crippen LogP contribution in [0.4, 0.5) is 5.69 Å². The minimum absolute atomic E-state index is 0. The van der Waals surface area contributed by atoms with E-state index in [2.05, 4.69) is 0 Å². The third kappa shape index (κ3) is 3.41. The fourth-order valence-electron chi connectivity index (χ4n) is 3.91. The fourth-order valence-corrected chi connectivity index (χ4v) is 4.14. The maximum Gasteiger partial charge on any atom is 0.197 e. The van der Waals surface area contributed by atoms with Crippen molar-refractivity contribution in [2.24, 2.45) is 0 Å². The quantitative estimate of drug-likeness (QED) is 0.565. The van der Waals surface area contributed by atoms with Crippen molar-refractivity contribution in [3.05, 3.63) is 51.6 Å². The van der Waals surface area contributed by atoms with Gasteiger partial charge >= 0.3 is 0 Å². The Morgan fingerprint density at radius 3 is 2.62 bits per heavy atom. The number of phenols is 2. The van der Waals surface area contributed by atoms with E-state index in [1.54, 1.807) is 24.3 Å². The maximum atomic E-state index is 12.8. The van der Waals surface area contributed by atoms with Gasteiger partial charge in [-0.1, -0.05) is 23.7 Å². The van der Waals surface area contributed by atoms with Crippen molar-refractivity contribution < 1.29 is 19.7 Å². The lowest BCUT2D eigenvalue weighted by atomic mass is 9.99. The SMILES string of the molecule is CC1(CO)CCCN1c1c(O)cc(O)c2c(=O)cc(-c3ccccc3Cl)oc12.Cl. The second-order valence-electron chi connectivity index (χ2n) is 7.33. The summed E-state index contributed by atoms with van der Waals surface area (Å²) in [6.45, 7) is 2.34. The number of hydrogen-bond donors (Lipinski definition) is 3. The van der Waals surface area contributed by atoms with Crippen LogP contribution in [-0.4, -0.2) is 34.0 Å². The lowest BCUT2D eigenvalue weighted by Crippen LogP contribution is -2.44. The van der Waals surface area contributed by atoms with Gasteiger partial charge in [0, 0.05) is 24.2 Å². The van der Waals surface area contributed by atoms with E-state index in [-0.39, 0.29) is 52.9 Å². The van der Waals surface area contributed by atoms with Crippen molar-refractivity contribution in [1.82, 2.24) is 0 Å². The van der Waals surface area contributed by atoms with E-state index >= 15 is 0 Å². The molecular formula is C21H21Cl2NO5. The van der Waals surface area contributed by atoms with Gasteiger partial charge in [-0.15, -0.1) is 12.4 Å². The Labute approximate surface area is 178 Å². The second-order valence-corrected chi connectivity index (χ2v) is 7.74. The topological polar surface area (TPSA) is 94.1 Å². The van der Waals surface area contributed by atoms with Crippen LogP contribution in [-0.2, 0) is 0 Å². The van der Waals surface area contributed by atoms with Crippen molar-refractivity contribution in [1.29, 1.82) is 0 Å². The lowest BCUT2D eigenvalue weighted by molar-refractivity contribution is 0.209. The van der Waals surface area contributed by atoms with Gasteiger partial charge in [0.25, 0.3) is 0 Å². The van der Waals surface area contributed by atoms with Gasteiger partial charge in [-0.3, -0.25) is 4.79 Å². The van der Waals surface area contributed by atoms with Crippen LogP contribution in [0, 0.1) is 0 Å². The molecule has 1 aliphatic rings. The van der Waals surface area contributed by atoms with Crippen LogP contribution in [0.3, 0.4) is 0 Å². The third-order valence-electron chi connectivity index (χ3n) is 5.43. The van der Waals surface area contributed by atoms with Gasteiger partial charge < -0.3 is 24.6 Å². The first-order chi connectivity index (χ1) is 13.4. The molecule has 4 rings (SSSR count). The number of phenolic OH excluding ortho intramolecular Hbond substituents is 2. The Hall–Kier alpha value is -2.41. The molecular weight excluding hydrogens is 417 g/mol. The molecule has 3 aromatic rings. The summed E-state index contributed by atoms with van der Waals surface area (Å²) < 4.78 is 6.02. The van der Waals surface area contributed by atoms with E-state index in [1.807, 2.05) is 11.8 Å². The molecule has 0 spiro atoms. The van der Waals surface area contributed by atoms with Crippen LogP contribution >= 0.6 is 24.0 Å². The summed E-state index contributed by atoms with van der Waals surface area (Å²) >= 11 is 6.26. The summed E-state index contributed by atoms with van der Waals surface area (Å²) in [6, 6.07) is 9.37. The van der Waals surface area contributed by atoms with Crippen LogP contribution in [0.25, 0.3) is 22.3 Å². The lowest BCUT2D eigenvalue weighted by Gasteiger charge is -2.36. The largest absolute Gasteiger partial charge is 0.507 e. The van der Waals surface area contributed by atoms with E-state index in [1.165, 1.54) is 6.07 Å². The molecule has 1 aromatic heterocycles. The fraction of sp³-hybridized carbons (Fsp3) is 0.286. The number of benzene rings is 2. The monoisotopic (exact) mass is 437 g/mol. The highest BCUT2D eigenvalue weighted by Crippen LogP contribution is 2.46. The molecule has 6 nitrogen and oxygen atoms in total. The van der Waals surface area contributed by atoms with Crippen molar-refractivity contribution in [3.8, 4) is 22.8 Å². The first-order valence-corrected chi connectivity index (χ1v) is 9.40. The van der Waals surface area contributed by atoms with Gasteiger partial charge in [-0.2, -0.15) is 0 Å². The van der Waals surface area contributed by atoms with E-state index in [9.17, 15) is 20.1 Å². The van der Waals surface area contributed by atoms with Gasteiger partial charge in [-0.25, -0.2) is 0 Å². The molecule has 1 atom stereocenters. The number of nitrogens with zero attached hydrogens (tertiary/aromatic N) is 1. The van der Waals surface area contributed by atoms with Crippen LogP contribution < -0.4 is 10.3 Å². The molecule has 1 aliphatic heterocycles. The van der Waals surface area contributed by atoms with Gasteiger partial charge in [0.1, 0.15) is 28.3 Å². The molecule has 0 amide bonds. The highest BCUT2D eigenvalue weighted by atomic mass is 35.5. The Morgan fingerprint density at radius 2 is 1.93 bits per heavy atom. The zero-order valence-corrected chi connectivity index (χ0v) is 17.3. The van der Waals surface area contributed by atoms with Crippen molar-refractivity contribution in [2.45, 2.75) is 25.3 Å². The van der Waals surface area contributed by atoms with Crippen LogP contribution in [0.15, 0.2) is 45.6 Å². The Morgan fingerprint density at radius 1 is 1.21 bits per heavy atom. The first kappa shape index (κ1) is 21.3. The summed E-state index contributed by atoms with van der Waals surface area (Å²) in [5.74, 6) is -0.342. The molecule has 8 heteroatoms. The van der Waals surface area contributed by atoms with Gasteiger partial charge in [0.2, 0.25) is 0 Å². The van der Waals surface area contributed by atoms with Gasteiger partial charge in [0.15, 0.2) is 11.0 Å². The molecule has 2 heterocycles. The van der Waals surface area contributed by atoms with E-state index in [0.29, 0.717) is 17.1 Å². The molecule has 29 heavy (non-hydrogen) atoms. The van der Waals surface area contributed by atoms with Crippen LogP contribution in [0.5, 0.6) is 11.5 Å². The summed E-state index contributed by atoms with van der Waals surface area (Å²) in [6.07, 6.45) is 1.53. The predicted octanol–water partition coefficient (Wildman–Crippen LogP) is 4.30. The standard InChI is InChI=1S/C21H20ClNO5.ClH/c1-21(11-24)7-4-8-23(21)19-16(27)9-14(25)18-15(26)10-17(28-20(18)19)12-5-2-3-6-13(12)22;/h2-3,5-6,9-10,24-25,27H,4,7-8,11H2,1H3;1H. The van der Waals surface area contributed by atoms with Crippen molar-refractivity contribution in [3.63, 3.8) is 0 Å². The highest BCUT2D eigenvalue weighted by molar-refractivity contribution is 6.33. The van der Waals surface area contributed by atoms with E-state index in [4.69, 9.17) is 16.0 Å². The zero-order chi connectivity index (χ0) is 20.1. The van der Waals surface area contributed by atoms with E-state index < -0.39 is 11.0 Å². The maximum absolute atomic E-state index is 12.8. The Kier molecular flexibility index (Phi) is 5.72. The number of fused-ring (bicyclic) bond motifs is 1. The average Bonchev–Trinajstić information content (AvgIpc) is 3.03. The summed E-state index contributed by atoms with van der Waals surface area (Å²) in [4.78, 5) is 14.6. The normalized spacial score (nSPS) is 18.8. The molecule has 1 unspecified atom stereocenters. The number of aliphatic hydroxyl groups excluding tert-OH is 1. The number of aromatic hydroxyl groups is 2. The van der Waals surface area contributed by atoms with Gasteiger partial charge in [0.05, 0.1) is 17.2 Å². The Bertz CT molecular complexity index is 1130. The number of anilines is 1. The second kappa shape index (κ2) is 7.78. The summed E-state index contributed by atoms with van der Waals surface area (Å²) in [7, 11) is 0. The number of rotatable bonds is 3. The molecule has 2 aromatic carbocycles. The molecule has 0 radical (unpaired) electrons. The van der Waals surface area contributed by atoms with Crippen molar-refractivity contribution in [2.75, 3.05) is 18.1 Å². The molecule has 0 aliphatic carbocycles. The number of aliphatic hydroxyl groups is 1. The van der Waals surface area contributed by atoms with E-state index in [0.717, 1.165) is 18.9 Å². The first-order valence-electron chi connectivity index (χ1n) is 9.02. The molecule has 0 bridgehead atoms. The minimum Gasteiger partial charge on any atom is -0.507 e. The van der Waals surface area contributed by atoms with Crippen LogP contribution in [0.2, 0.25) is 5.02 Å². The number of halogens is 2. The molecule has 3 N–H and O–H groups in total. The van der Waals surface area contributed by atoms with Gasteiger partial charge in [-0.05, 0) is 31.9 Å². The molecule has 0 saturated carbocycles.